The van der Waals surface area contributed by atoms with Crippen LogP contribution in [-0.2, 0) is 0 Å². The molecular weight excluding hydrogens is 238 g/mol. The summed E-state index contributed by atoms with van der Waals surface area (Å²) in [5.41, 5.74) is 1.32. The van der Waals surface area contributed by atoms with E-state index in [-0.39, 0.29) is 0 Å². The minimum Gasteiger partial charge on any atom is -0.313 e. The van der Waals surface area contributed by atoms with E-state index >= 15 is 0 Å². The Morgan fingerprint density at radius 2 is 2.28 bits per heavy atom. The van der Waals surface area contributed by atoms with Crippen molar-refractivity contribution in [3.63, 3.8) is 0 Å². The minimum absolute atomic E-state index is 0.520. The molecule has 0 heterocycles. The summed E-state index contributed by atoms with van der Waals surface area (Å²) in [4.78, 5) is 1.35. The molecule has 0 amide bonds. The molecule has 0 fully saturated rings. The van der Waals surface area contributed by atoms with Gasteiger partial charge in [0.2, 0.25) is 0 Å². The fourth-order valence-electron chi connectivity index (χ4n) is 1.75. The molecule has 1 N–H and O–H groups in total. The smallest absolute Gasteiger partial charge is 0.0170 e. The molecule has 1 rings (SSSR count). The third-order valence-corrected chi connectivity index (χ3v) is 3.92. The third-order valence-electron chi connectivity index (χ3n) is 2.76. The number of terminal acetylenes is 1. The fraction of sp³-hybridized carbons (Fsp3) is 0.500. The largest absolute Gasteiger partial charge is 0.313 e. The van der Waals surface area contributed by atoms with Crippen LogP contribution >= 0.6 is 11.8 Å². The van der Waals surface area contributed by atoms with Crippen LogP contribution in [0.5, 0.6) is 0 Å². The van der Waals surface area contributed by atoms with Gasteiger partial charge in [0.25, 0.3) is 0 Å². The second-order valence-electron chi connectivity index (χ2n) is 4.52. The number of rotatable bonds is 8. The summed E-state index contributed by atoms with van der Waals surface area (Å²) < 4.78 is 0. The second-order valence-corrected chi connectivity index (χ2v) is 5.61. The van der Waals surface area contributed by atoms with E-state index in [0.717, 1.165) is 25.1 Å². The van der Waals surface area contributed by atoms with Crippen molar-refractivity contribution in [1.29, 1.82) is 0 Å². The van der Waals surface area contributed by atoms with Gasteiger partial charge in [-0.2, -0.15) is 0 Å². The van der Waals surface area contributed by atoms with Crippen LogP contribution in [-0.4, -0.2) is 18.3 Å². The molecule has 1 atom stereocenters. The fourth-order valence-corrected chi connectivity index (χ4v) is 2.87. The van der Waals surface area contributed by atoms with Gasteiger partial charge >= 0.3 is 0 Å². The van der Waals surface area contributed by atoms with Crippen molar-refractivity contribution in [2.24, 2.45) is 0 Å². The predicted octanol–water partition coefficient (Wildman–Crippen LogP) is 3.87. The van der Waals surface area contributed by atoms with Gasteiger partial charge in [0.05, 0.1) is 0 Å². The van der Waals surface area contributed by atoms with Gasteiger partial charge in [0.1, 0.15) is 0 Å². The van der Waals surface area contributed by atoms with Crippen molar-refractivity contribution < 1.29 is 0 Å². The van der Waals surface area contributed by atoms with E-state index in [4.69, 9.17) is 6.42 Å². The summed E-state index contributed by atoms with van der Waals surface area (Å²) in [6.07, 6.45) is 8.44. The summed E-state index contributed by atoms with van der Waals surface area (Å²) in [7, 11) is 0. The lowest BCUT2D eigenvalue weighted by Gasteiger charge is -2.17. The highest BCUT2D eigenvalue weighted by atomic mass is 32.2. The zero-order chi connectivity index (χ0) is 13.2. The number of hydrogen-bond donors (Lipinski definition) is 1. The Hall–Kier alpha value is -0.910. The molecule has 0 bridgehead atoms. The zero-order valence-corrected chi connectivity index (χ0v) is 12.2. The maximum absolute atomic E-state index is 5.35. The molecule has 0 aliphatic heterocycles. The molecule has 1 nitrogen and oxygen atoms in total. The predicted molar refractivity (Wildman–Crippen MR) is 82.1 cm³/mol. The molecule has 0 aliphatic carbocycles. The summed E-state index contributed by atoms with van der Waals surface area (Å²) >= 11 is 1.91. The Kier molecular flexibility index (Phi) is 7.64. The Balaban J connectivity index is 2.42. The first-order chi connectivity index (χ1) is 8.76. The van der Waals surface area contributed by atoms with Crippen molar-refractivity contribution in [3.8, 4) is 12.3 Å². The van der Waals surface area contributed by atoms with Crippen LogP contribution in [0.1, 0.15) is 31.7 Å². The van der Waals surface area contributed by atoms with Crippen LogP contribution in [0, 0.1) is 19.3 Å². The van der Waals surface area contributed by atoms with Crippen molar-refractivity contribution in [2.45, 2.75) is 44.0 Å². The molecule has 2 heteroatoms. The third kappa shape index (κ3) is 6.14. The van der Waals surface area contributed by atoms with Crippen LogP contribution in [0.15, 0.2) is 29.2 Å². The lowest BCUT2D eigenvalue weighted by molar-refractivity contribution is 0.526. The molecule has 0 saturated heterocycles. The molecule has 98 valence electrons. The van der Waals surface area contributed by atoms with Gasteiger partial charge in [-0.3, -0.25) is 0 Å². The molecule has 1 unspecified atom stereocenters. The Morgan fingerprint density at radius 3 is 2.94 bits per heavy atom. The first-order valence-electron chi connectivity index (χ1n) is 6.62. The van der Waals surface area contributed by atoms with Gasteiger partial charge in [0, 0.05) is 23.1 Å². The summed E-state index contributed by atoms with van der Waals surface area (Å²) in [6, 6.07) is 9.19. The van der Waals surface area contributed by atoms with Gasteiger partial charge in [-0.15, -0.1) is 24.1 Å². The highest BCUT2D eigenvalue weighted by molar-refractivity contribution is 7.99. The van der Waals surface area contributed by atoms with Crippen LogP contribution in [0.4, 0.5) is 0 Å². The van der Waals surface area contributed by atoms with E-state index in [1.54, 1.807) is 0 Å². The molecule has 1 aromatic carbocycles. The van der Waals surface area contributed by atoms with Gasteiger partial charge in [0.15, 0.2) is 0 Å². The number of thioether (sulfide) groups is 1. The normalized spacial score (nSPS) is 12.1. The Bertz CT molecular complexity index is 381. The molecule has 0 aliphatic rings. The van der Waals surface area contributed by atoms with Crippen LogP contribution in [0.25, 0.3) is 0 Å². The van der Waals surface area contributed by atoms with Gasteiger partial charge in [-0.05, 0) is 38.4 Å². The van der Waals surface area contributed by atoms with E-state index in [9.17, 15) is 0 Å². The van der Waals surface area contributed by atoms with Gasteiger partial charge in [-0.1, -0.05) is 24.6 Å². The summed E-state index contributed by atoms with van der Waals surface area (Å²) in [6.45, 7) is 5.40. The lowest BCUT2D eigenvalue weighted by atomic mass is 10.2. The number of hydrogen-bond acceptors (Lipinski definition) is 2. The van der Waals surface area contributed by atoms with E-state index in [2.05, 4.69) is 49.4 Å². The molecular formula is C16H23NS. The maximum Gasteiger partial charge on any atom is 0.0170 e. The second kappa shape index (κ2) is 9.08. The maximum atomic E-state index is 5.35. The van der Waals surface area contributed by atoms with Crippen molar-refractivity contribution in [1.82, 2.24) is 5.32 Å². The first-order valence-corrected chi connectivity index (χ1v) is 7.61. The Labute approximate surface area is 116 Å². The molecule has 1 aromatic rings. The van der Waals surface area contributed by atoms with E-state index in [1.165, 1.54) is 16.9 Å². The van der Waals surface area contributed by atoms with Crippen molar-refractivity contribution >= 4 is 11.8 Å². The van der Waals surface area contributed by atoms with Crippen LogP contribution in [0.2, 0.25) is 0 Å². The Morgan fingerprint density at radius 1 is 1.44 bits per heavy atom. The van der Waals surface area contributed by atoms with Crippen LogP contribution < -0.4 is 5.32 Å². The lowest BCUT2D eigenvalue weighted by Crippen LogP contribution is -2.31. The van der Waals surface area contributed by atoms with Gasteiger partial charge < -0.3 is 5.32 Å². The standard InChI is InChI=1S/C16H23NS/c1-4-6-9-15(17-11-5-2)13-18-16-10-7-8-14(3)12-16/h1,7-8,10,12,15,17H,5-6,9,11,13H2,2-3H3. The number of benzene rings is 1. The number of nitrogens with one attached hydrogen (secondary N) is 1. The molecule has 0 aromatic heterocycles. The number of aryl methyl sites for hydroxylation is 1. The van der Waals surface area contributed by atoms with Gasteiger partial charge in [-0.25, -0.2) is 0 Å². The highest BCUT2D eigenvalue weighted by Gasteiger charge is 2.07. The molecule has 0 saturated carbocycles. The zero-order valence-electron chi connectivity index (χ0n) is 11.4. The summed E-state index contributed by atoms with van der Waals surface area (Å²) in [5, 5.41) is 3.57. The quantitative estimate of drug-likeness (QED) is 0.563. The first kappa shape index (κ1) is 15.1. The summed E-state index contributed by atoms with van der Waals surface area (Å²) in [5.74, 6) is 3.82. The monoisotopic (exact) mass is 261 g/mol. The topological polar surface area (TPSA) is 12.0 Å². The molecule has 0 radical (unpaired) electrons. The average Bonchev–Trinajstić information content (AvgIpc) is 2.38. The highest BCUT2D eigenvalue weighted by Crippen LogP contribution is 2.20. The molecule has 18 heavy (non-hydrogen) atoms. The van der Waals surface area contributed by atoms with Crippen molar-refractivity contribution in [2.75, 3.05) is 12.3 Å². The molecule has 0 spiro atoms. The van der Waals surface area contributed by atoms with E-state index in [0.29, 0.717) is 6.04 Å². The SMILES string of the molecule is C#CCCC(CSc1cccc(C)c1)NCCC. The minimum atomic E-state index is 0.520. The van der Waals surface area contributed by atoms with Crippen molar-refractivity contribution in [3.05, 3.63) is 29.8 Å². The average molecular weight is 261 g/mol. The van der Waals surface area contributed by atoms with E-state index in [1.807, 2.05) is 11.8 Å². The van der Waals surface area contributed by atoms with Crippen LogP contribution in [0.3, 0.4) is 0 Å². The van der Waals surface area contributed by atoms with E-state index < -0.39 is 0 Å².